The zero-order chi connectivity index (χ0) is 26.9. The zero-order valence-electron chi connectivity index (χ0n) is 24.4. The van der Waals surface area contributed by atoms with Gasteiger partial charge in [0.05, 0.1) is 0 Å². The normalized spacial score (nSPS) is 21.3. The molecule has 0 unspecified atom stereocenters. The lowest BCUT2D eigenvalue weighted by atomic mass is 9.64. The molecule has 1 aromatic carbocycles. The molecule has 0 spiro atoms. The molecule has 37 heavy (non-hydrogen) atoms. The van der Waals surface area contributed by atoms with Gasteiger partial charge < -0.3 is 9.84 Å². The Bertz CT molecular complexity index is 754. The van der Waals surface area contributed by atoms with E-state index in [1.165, 1.54) is 76.2 Å². The van der Waals surface area contributed by atoms with Crippen LogP contribution in [0.15, 0.2) is 42.5 Å². The van der Waals surface area contributed by atoms with E-state index < -0.39 is 12.1 Å². The maximum absolute atomic E-state index is 12.8. The third-order valence-corrected chi connectivity index (χ3v) is 8.55. The van der Waals surface area contributed by atoms with E-state index in [1.807, 2.05) is 12.1 Å². The molecule has 1 N–H and O–H groups in total. The monoisotopic (exact) mass is 512 g/mol. The van der Waals surface area contributed by atoms with Gasteiger partial charge in [-0.1, -0.05) is 141 Å². The molecule has 2 rings (SSSR count). The van der Waals surface area contributed by atoms with Gasteiger partial charge in [-0.05, 0) is 48.7 Å². The number of esters is 1. The van der Waals surface area contributed by atoms with Gasteiger partial charge in [-0.3, -0.25) is 0 Å². The standard InChI is InChI=1S/C34H56O3/c1-5-6-7-8-9-10-11-12-13-14-15-16-17-21-24-31(35)33(36)37-32-27-28(2)25-26-30(32)34(3,4)29-22-19-18-20-23-29/h18-24,28,30-32,35H,5-17,25-27H2,1-4H3/b24-21+/t28-,30-,31-,32-/m1/s1. The van der Waals surface area contributed by atoms with Crippen molar-refractivity contribution < 1.29 is 14.6 Å². The maximum atomic E-state index is 12.8. The van der Waals surface area contributed by atoms with Crippen molar-refractivity contribution in [2.75, 3.05) is 0 Å². The van der Waals surface area contributed by atoms with Gasteiger partial charge in [0.15, 0.2) is 6.10 Å². The highest BCUT2D eigenvalue weighted by Crippen LogP contribution is 2.43. The Balaban J connectivity index is 1.66. The van der Waals surface area contributed by atoms with Crippen molar-refractivity contribution in [3.63, 3.8) is 0 Å². The van der Waals surface area contributed by atoms with Crippen molar-refractivity contribution in [1.82, 2.24) is 0 Å². The number of hydrogen-bond acceptors (Lipinski definition) is 3. The van der Waals surface area contributed by atoms with Crippen LogP contribution in [0.1, 0.15) is 136 Å². The maximum Gasteiger partial charge on any atom is 0.339 e. The minimum absolute atomic E-state index is 0.0955. The second kappa shape index (κ2) is 17.8. The Morgan fingerprint density at radius 2 is 1.51 bits per heavy atom. The smallest absolute Gasteiger partial charge is 0.339 e. The highest BCUT2D eigenvalue weighted by atomic mass is 16.6. The number of benzene rings is 1. The minimum Gasteiger partial charge on any atom is -0.460 e. The molecule has 4 atom stereocenters. The summed E-state index contributed by atoms with van der Waals surface area (Å²) in [5, 5.41) is 10.5. The third-order valence-electron chi connectivity index (χ3n) is 8.55. The Hall–Kier alpha value is -1.61. The Kier molecular flexibility index (Phi) is 15.2. The van der Waals surface area contributed by atoms with E-state index in [1.54, 1.807) is 6.08 Å². The van der Waals surface area contributed by atoms with Gasteiger partial charge in [0.2, 0.25) is 0 Å². The first-order valence-electron chi connectivity index (χ1n) is 15.5. The lowest BCUT2D eigenvalue weighted by Crippen LogP contribution is -2.44. The second-order valence-electron chi connectivity index (χ2n) is 12.1. The summed E-state index contributed by atoms with van der Waals surface area (Å²) >= 11 is 0. The number of unbranched alkanes of at least 4 members (excludes halogenated alkanes) is 12. The predicted molar refractivity (Wildman–Crippen MR) is 157 cm³/mol. The number of ether oxygens (including phenoxy) is 1. The molecular formula is C34H56O3. The molecule has 1 aromatic rings. The SMILES string of the molecule is CCCCCCCCCCCCCC/C=C/[C@@H](O)C(=O)O[C@@H]1C[C@H](C)CC[C@H]1C(C)(C)c1ccccc1. The van der Waals surface area contributed by atoms with Crippen LogP contribution in [0.4, 0.5) is 0 Å². The lowest BCUT2D eigenvalue weighted by molar-refractivity contribution is -0.163. The van der Waals surface area contributed by atoms with Crippen molar-refractivity contribution in [3.05, 3.63) is 48.0 Å². The molecule has 3 heteroatoms. The first kappa shape index (κ1) is 31.6. The van der Waals surface area contributed by atoms with Gasteiger partial charge in [-0.2, -0.15) is 0 Å². The van der Waals surface area contributed by atoms with Crippen LogP contribution in [0.5, 0.6) is 0 Å². The van der Waals surface area contributed by atoms with Crippen LogP contribution in [0, 0.1) is 11.8 Å². The Morgan fingerprint density at radius 1 is 0.946 bits per heavy atom. The highest BCUT2D eigenvalue weighted by molar-refractivity contribution is 5.76. The van der Waals surface area contributed by atoms with E-state index in [-0.39, 0.29) is 17.4 Å². The van der Waals surface area contributed by atoms with E-state index in [0.29, 0.717) is 5.92 Å². The number of aliphatic hydroxyl groups excluding tert-OH is 1. The second-order valence-corrected chi connectivity index (χ2v) is 12.1. The quantitative estimate of drug-likeness (QED) is 0.121. The lowest BCUT2D eigenvalue weighted by Gasteiger charge is -2.44. The minimum atomic E-state index is -1.17. The molecule has 1 aliphatic carbocycles. The molecule has 1 fully saturated rings. The number of allylic oxidation sites excluding steroid dienone is 1. The van der Waals surface area contributed by atoms with Crippen molar-refractivity contribution in [2.45, 2.75) is 148 Å². The van der Waals surface area contributed by atoms with Gasteiger partial charge in [0.1, 0.15) is 6.10 Å². The van der Waals surface area contributed by atoms with Crippen molar-refractivity contribution in [2.24, 2.45) is 11.8 Å². The molecule has 1 aliphatic rings. The van der Waals surface area contributed by atoms with E-state index in [4.69, 9.17) is 4.74 Å². The summed E-state index contributed by atoms with van der Waals surface area (Å²) in [7, 11) is 0. The van der Waals surface area contributed by atoms with Gasteiger partial charge in [0.25, 0.3) is 0 Å². The molecule has 3 nitrogen and oxygen atoms in total. The van der Waals surface area contributed by atoms with Gasteiger partial charge in [0, 0.05) is 5.92 Å². The van der Waals surface area contributed by atoms with E-state index >= 15 is 0 Å². The average molecular weight is 513 g/mol. The summed E-state index contributed by atoms with van der Waals surface area (Å²) in [5.41, 5.74) is 1.18. The first-order valence-corrected chi connectivity index (χ1v) is 15.5. The van der Waals surface area contributed by atoms with Gasteiger partial charge in [-0.25, -0.2) is 4.79 Å². The van der Waals surface area contributed by atoms with E-state index in [9.17, 15) is 9.90 Å². The van der Waals surface area contributed by atoms with Gasteiger partial charge >= 0.3 is 5.97 Å². The van der Waals surface area contributed by atoms with Crippen LogP contribution in [-0.4, -0.2) is 23.3 Å². The molecular weight excluding hydrogens is 456 g/mol. The molecule has 0 radical (unpaired) electrons. The molecule has 0 amide bonds. The summed E-state index contributed by atoms with van der Waals surface area (Å²) in [6.07, 6.45) is 22.2. The summed E-state index contributed by atoms with van der Waals surface area (Å²) in [4.78, 5) is 12.8. The summed E-state index contributed by atoms with van der Waals surface area (Å²) in [6, 6.07) is 10.5. The molecule has 0 aliphatic heterocycles. The number of rotatable bonds is 18. The van der Waals surface area contributed by atoms with Crippen molar-refractivity contribution >= 4 is 5.97 Å². The molecule has 0 bridgehead atoms. The average Bonchev–Trinajstić information content (AvgIpc) is 2.89. The molecule has 0 saturated heterocycles. The highest BCUT2D eigenvalue weighted by Gasteiger charge is 2.42. The van der Waals surface area contributed by atoms with E-state index in [0.717, 1.165) is 32.1 Å². The first-order chi connectivity index (χ1) is 17.9. The third kappa shape index (κ3) is 11.8. The van der Waals surface area contributed by atoms with Crippen LogP contribution >= 0.6 is 0 Å². The molecule has 1 saturated carbocycles. The topological polar surface area (TPSA) is 46.5 Å². The number of carbonyl (C=O) groups is 1. The number of carbonyl (C=O) groups excluding carboxylic acids is 1. The molecule has 210 valence electrons. The van der Waals surface area contributed by atoms with Crippen LogP contribution in [0.25, 0.3) is 0 Å². The predicted octanol–water partition coefficient (Wildman–Crippen LogP) is 9.32. The molecule has 0 heterocycles. The Morgan fingerprint density at radius 3 is 2.11 bits per heavy atom. The molecule has 0 aromatic heterocycles. The zero-order valence-corrected chi connectivity index (χ0v) is 24.4. The fourth-order valence-electron chi connectivity index (χ4n) is 5.99. The van der Waals surface area contributed by atoms with E-state index in [2.05, 4.69) is 52.0 Å². The summed E-state index contributed by atoms with van der Waals surface area (Å²) in [6.45, 7) is 9.02. The largest absolute Gasteiger partial charge is 0.460 e. The van der Waals surface area contributed by atoms with Crippen LogP contribution in [0.2, 0.25) is 0 Å². The fourth-order valence-corrected chi connectivity index (χ4v) is 5.99. The summed E-state index contributed by atoms with van der Waals surface area (Å²) < 4.78 is 5.97. The fraction of sp³-hybridized carbons (Fsp3) is 0.735. The van der Waals surface area contributed by atoms with Crippen molar-refractivity contribution in [1.29, 1.82) is 0 Å². The van der Waals surface area contributed by atoms with Crippen LogP contribution in [-0.2, 0) is 14.9 Å². The number of hydrogen-bond donors (Lipinski definition) is 1. The van der Waals surface area contributed by atoms with Crippen LogP contribution < -0.4 is 0 Å². The van der Waals surface area contributed by atoms with Gasteiger partial charge in [-0.15, -0.1) is 0 Å². The number of aliphatic hydroxyl groups is 1. The van der Waals surface area contributed by atoms with Crippen LogP contribution in [0.3, 0.4) is 0 Å². The Labute approximate surface area is 228 Å². The summed E-state index contributed by atoms with van der Waals surface area (Å²) in [5.74, 6) is 0.269. The van der Waals surface area contributed by atoms with Crippen molar-refractivity contribution in [3.8, 4) is 0 Å².